The minimum absolute atomic E-state index is 0.0587. The first-order valence-corrected chi connectivity index (χ1v) is 13.4. The fraction of sp³-hybridized carbons (Fsp3) is 0.312. The summed E-state index contributed by atoms with van der Waals surface area (Å²) in [5.41, 5.74) is 6.44. The number of rotatable bonds is 11. The summed E-state index contributed by atoms with van der Waals surface area (Å²) in [6, 6.07) is 21.9. The molecule has 7 heteroatoms. The van der Waals surface area contributed by atoms with Crippen LogP contribution in [0.25, 0.3) is 11.3 Å². The Bertz CT molecular complexity index is 1430. The van der Waals surface area contributed by atoms with Gasteiger partial charge >= 0.3 is 0 Å². The standard InChI is InChI=1S/C32H35N3O4/c1-5-6-19-39-26-16-13-24(20-27(26)38-4)31-28-29(23-11-7-21(2)8-12-23)33-34-30(28)32(36)35(31)18-17-22-9-14-25(37-3)15-10-22/h7-16,20,31H,5-6,17-19H2,1-4H3,(H,33,34). The summed E-state index contributed by atoms with van der Waals surface area (Å²) in [5, 5.41) is 7.66. The number of carbonyl (C=O) groups excluding carboxylic acids is 1. The van der Waals surface area contributed by atoms with Gasteiger partial charge in [0.15, 0.2) is 11.5 Å². The highest BCUT2D eigenvalue weighted by Crippen LogP contribution is 2.44. The number of nitrogens with zero attached hydrogens (tertiary/aromatic N) is 2. The zero-order valence-electron chi connectivity index (χ0n) is 23.0. The molecule has 4 aromatic rings. The normalized spacial score (nSPS) is 14.4. The van der Waals surface area contributed by atoms with Crippen LogP contribution in [0.4, 0.5) is 0 Å². The third kappa shape index (κ3) is 5.35. The zero-order chi connectivity index (χ0) is 27.4. The van der Waals surface area contributed by atoms with Gasteiger partial charge in [0.25, 0.3) is 5.91 Å². The molecule has 202 valence electrons. The summed E-state index contributed by atoms with van der Waals surface area (Å²) in [5.74, 6) is 2.11. The number of H-pyrrole nitrogens is 1. The lowest BCUT2D eigenvalue weighted by Gasteiger charge is -2.27. The molecule has 0 saturated heterocycles. The molecule has 1 aliphatic heterocycles. The van der Waals surface area contributed by atoms with E-state index in [4.69, 9.17) is 14.2 Å². The number of benzene rings is 3. The first-order chi connectivity index (χ1) is 19.0. The van der Waals surface area contributed by atoms with E-state index in [0.717, 1.165) is 46.5 Å². The maximum Gasteiger partial charge on any atom is 0.273 e. The maximum atomic E-state index is 13.8. The molecular formula is C32H35N3O4. The molecule has 39 heavy (non-hydrogen) atoms. The van der Waals surface area contributed by atoms with Crippen LogP contribution >= 0.6 is 0 Å². The highest BCUT2D eigenvalue weighted by molar-refractivity contribution is 6.00. The Morgan fingerprint density at radius 2 is 1.72 bits per heavy atom. The van der Waals surface area contributed by atoms with E-state index in [9.17, 15) is 4.79 Å². The van der Waals surface area contributed by atoms with Gasteiger partial charge in [-0.2, -0.15) is 5.10 Å². The lowest BCUT2D eigenvalue weighted by molar-refractivity contribution is 0.0745. The average molecular weight is 526 g/mol. The molecule has 1 unspecified atom stereocenters. The largest absolute Gasteiger partial charge is 0.497 e. The molecule has 1 amide bonds. The van der Waals surface area contributed by atoms with E-state index in [1.165, 1.54) is 5.56 Å². The fourth-order valence-electron chi connectivity index (χ4n) is 5.05. The van der Waals surface area contributed by atoms with Gasteiger partial charge in [-0.1, -0.05) is 61.4 Å². The Balaban J connectivity index is 1.53. The summed E-state index contributed by atoms with van der Waals surface area (Å²) in [6.07, 6.45) is 2.73. The van der Waals surface area contributed by atoms with Gasteiger partial charge in [0, 0.05) is 17.7 Å². The predicted octanol–water partition coefficient (Wildman–Crippen LogP) is 6.37. The number of ether oxygens (including phenoxy) is 3. The quantitative estimate of drug-likeness (QED) is 0.230. The van der Waals surface area contributed by atoms with Gasteiger partial charge in [-0.05, 0) is 55.2 Å². The van der Waals surface area contributed by atoms with Gasteiger partial charge < -0.3 is 19.1 Å². The van der Waals surface area contributed by atoms with Crippen LogP contribution in [0.5, 0.6) is 17.2 Å². The lowest BCUT2D eigenvalue weighted by Crippen LogP contribution is -2.31. The van der Waals surface area contributed by atoms with Crippen molar-refractivity contribution in [3.63, 3.8) is 0 Å². The van der Waals surface area contributed by atoms with Crippen LogP contribution in [0.2, 0.25) is 0 Å². The first kappa shape index (κ1) is 26.4. The molecule has 0 saturated carbocycles. The van der Waals surface area contributed by atoms with Gasteiger partial charge in [-0.3, -0.25) is 9.89 Å². The molecule has 0 spiro atoms. The highest BCUT2D eigenvalue weighted by Gasteiger charge is 2.42. The van der Waals surface area contributed by atoms with Crippen molar-refractivity contribution in [2.24, 2.45) is 0 Å². The Morgan fingerprint density at radius 1 is 0.949 bits per heavy atom. The van der Waals surface area contributed by atoms with Gasteiger partial charge in [0.2, 0.25) is 0 Å². The van der Waals surface area contributed by atoms with Crippen LogP contribution in [0, 0.1) is 6.92 Å². The SMILES string of the molecule is CCCCOc1ccc(C2c3c(-c4ccc(C)cc4)n[nH]c3C(=O)N2CCc2ccc(OC)cc2)cc1OC. The van der Waals surface area contributed by atoms with Crippen molar-refractivity contribution in [2.75, 3.05) is 27.4 Å². The minimum Gasteiger partial charge on any atom is -0.497 e. The zero-order valence-corrected chi connectivity index (χ0v) is 23.0. The average Bonchev–Trinajstić information content (AvgIpc) is 3.51. The molecule has 0 fully saturated rings. The number of aromatic nitrogens is 2. The molecule has 0 radical (unpaired) electrons. The number of carbonyl (C=O) groups is 1. The van der Waals surface area contributed by atoms with E-state index < -0.39 is 0 Å². The Kier molecular flexibility index (Phi) is 7.87. The third-order valence-electron chi connectivity index (χ3n) is 7.25. The second-order valence-electron chi connectivity index (χ2n) is 9.84. The summed E-state index contributed by atoms with van der Waals surface area (Å²) >= 11 is 0. The third-order valence-corrected chi connectivity index (χ3v) is 7.25. The number of hydrogen-bond acceptors (Lipinski definition) is 5. The van der Waals surface area contributed by atoms with Crippen molar-refractivity contribution in [3.8, 4) is 28.5 Å². The molecular weight excluding hydrogens is 490 g/mol. The van der Waals surface area contributed by atoms with Crippen molar-refractivity contribution in [1.29, 1.82) is 0 Å². The number of amides is 1. The smallest absolute Gasteiger partial charge is 0.273 e. The van der Waals surface area contributed by atoms with Gasteiger partial charge in [-0.25, -0.2) is 0 Å². The summed E-state index contributed by atoms with van der Waals surface area (Å²) in [6.45, 7) is 5.37. The summed E-state index contributed by atoms with van der Waals surface area (Å²) in [4.78, 5) is 15.7. The minimum atomic E-state index is -0.320. The lowest BCUT2D eigenvalue weighted by atomic mass is 9.95. The molecule has 1 N–H and O–H groups in total. The van der Waals surface area contributed by atoms with Crippen LogP contribution in [-0.2, 0) is 6.42 Å². The number of nitrogens with one attached hydrogen (secondary N) is 1. The van der Waals surface area contributed by atoms with Gasteiger partial charge in [-0.15, -0.1) is 0 Å². The number of fused-ring (bicyclic) bond motifs is 1. The van der Waals surface area contributed by atoms with Gasteiger partial charge in [0.05, 0.1) is 32.6 Å². The van der Waals surface area contributed by atoms with E-state index in [2.05, 4.69) is 48.3 Å². The number of aromatic amines is 1. The highest BCUT2D eigenvalue weighted by atomic mass is 16.5. The maximum absolute atomic E-state index is 13.8. The molecule has 3 aromatic carbocycles. The molecule has 7 nitrogen and oxygen atoms in total. The van der Waals surface area contributed by atoms with E-state index in [0.29, 0.717) is 36.8 Å². The molecule has 5 rings (SSSR count). The van der Waals surface area contributed by atoms with Crippen molar-refractivity contribution >= 4 is 5.91 Å². The first-order valence-electron chi connectivity index (χ1n) is 13.4. The molecule has 1 atom stereocenters. The Morgan fingerprint density at radius 3 is 2.41 bits per heavy atom. The number of unbranched alkanes of at least 4 members (excludes halogenated alkanes) is 1. The van der Waals surface area contributed by atoms with Crippen LogP contribution in [0.1, 0.15) is 58.5 Å². The van der Waals surface area contributed by atoms with Crippen LogP contribution < -0.4 is 14.2 Å². The predicted molar refractivity (Wildman–Crippen MR) is 152 cm³/mol. The van der Waals surface area contributed by atoms with Crippen molar-refractivity contribution in [1.82, 2.24) is 15.1 Å². The Labute approximate surface area is 229 Å². The van der Waals surface area contributed by atoms with Crippen LogP contribution in [-0.4, -0.2) is 48.4 Å². The fourth-order valence-corrected chi connectivity index (χ4v) is 5.05. The van der Waals surface area contributed by atoms with E-state index in [1.54, 1.807) is 14.2 Å². The van der Waals surface area contributed by atoms with E-state index >= 15 is 0 Å². The van der Waals surface area contributed by atoms with Gasteiger partial charge in [0.1, 0.15) is 11.4 Å². The van der Waals surface area contributed by atoms with Crippen LogP contribution in [0.15, 0.2) is 66.7 Å². The summed E-state index contributed by atoms with van der Waals surface area (Å²) in [7, 11) is 3.30. The van der Waals surface area contributed by atoms with Crippen molar-refractivity contribution in [2.45, 2.75) is 39.2 Å². The van der Waals surface area contributed by atoms with Crippen LogP contribution in [0.3, 0.4) is 0 Å². The second-order valence-corrected chi connectivity index (χ2v) is 9.84. The molecule has 1 aromatic heterocycles. The van der Waals surface area contributed by atoms with Crippen molar-refractivity contribution in [3.05, 3.63) is 94.7 Å². The number of hydrogen-bond donors (Lipinski definition) is 1. The molecule has 2 heterocycles. The number of aryl methyl sites for hydroxylation is 1. The monoisotopic (exact) mass is 525 g/mol. The molecule has 1 aliphatic rings. The molecule has 0 bridgehead atoms. The topological polar surface area (TPSA) is 76.7 Å². The number of methoxy groups -OCH3 is 2. The van der Waals surface area contributed by atoms with E-state index in [1.807, 2.05) is 47.4 Å². The van der Waals surface area contributed by atoms with Crippen molar-refractivity contribution < 1.29 is 19.0 Å². The Hall–Kier alpha value is -4.26. The summed E-state index contributed by atoms with van der Waals surface area (Å²) < 4.78 is 17.0. The second kappa shape index (κ2) is 11.6. The molecule has 0 aliphatic carbocycles. The van der Waals surface area contributed by atoms with E-state index in [-0.39, 0.29) is 11.9 Å².